The SMILES string of the molecule is COc1ccc(-c2nc3ccccn3c2CC#N)c2ccc(=O)[nH]c12. The number of hydrogen-bond donors (Lipinski definition) is 1. The Balaban J connectivity index is 2.09. The lowest BCUT2D eigenvalue weighted by Gasteiger charge is -2.09. The molecule has 6 heteroatoms. The number of nitriles is 1. The van der Waals surface area contributed by atoms with Gasteiger partial charge in [0, 0.05) is 23.2 Å². The molecule has 0 fully saturated rings. The number of nitrogens with one attached hydrogen (secondary N) is 1. The molecule has 0 aliphatic carbocycles. The van der Waals surface area contributed by atoms with Crippen molar-refractivity contribution in [2.45, 2.75) is 6.42 Å². The molecule has 4 rings (SSSR count). The number of aromatic nitrogens is 3. The van der Waals surface area contributed by atoms with Gasteiger partial charge in [-0.05, 0) is 30.3 Å². The second-order valence-electron chi connectivity index (χ2n) is 5.60. The summed E-state index contributed by atoms with van der Waals surface area (Å²) in [7, 11) is 1.56. The third-order valence-electron chi connectivity index (χ3n) is 4.21. The van der Waals surface area contributed by atoms with Gasteiger partial charge in [0.15, 0.2) is 0 Å². The Kier molecular flexibility index (Phi) is 3.47. The van der Waals surface area contributed by atoms with E-state index in [1.165, 1.54) is 6.07 Å². The highest BCUT2D eigenvalue weighted by molar-refractivity contribution is 5.97. The number of nitrogens with zero attached hydrogens (tertiary/aromatic N) is 3. The lowest BCUT2D eigenvalue weighted by molar-refractivity contribution is 0.419. The fourth-order valence-corrected chi connectivity index (χ4v) is 3.11. The topological polar surface area (TPSA) is 83.2 Å². The van der Waals surface area contributed by atoms with E-state index in [9.17, 15) is 10.1 Å². The molecule has 6 nitrogen and oxygen atoms in total. The first-order valence-corrected chi connectivity index (χ1v) is 7.76. The second-order valence-corrected chi connectivity index (χ2v) is 5.60. The van der Waals surface area contributed by atoms with Crippen molar-refractivity contribution in [1.82, 2.24) is 14.4 Å². The molecule has 0 saturated carbocycles. The fourth-order valence-electron chi connectivity index (χ4n) is 3.11. The Morgan fingerprint density at radius 3 is 2.92 bits per heavy atom. The third-order valence-corrected chi connectivity index (χ3v) is 4.21. The number of aromatic amines is 1. The maximum Gasteiger partial charge on any atom is 0.248 e. The van der Waals surface area contributed by atoms with Gasteiger partial charge in [-0.2, -0.15) is 5.26 Å². The zero-order valence-electron chi connectivity index (χ0n) is 13.5. The van der Waals surface area contributed by atoms with E-state index in [-0.39, 0.29) is 12.0 Å². The van der Waals surface area contributed by atoms with Gasteiger partial charge in [0.05, 0.1) is 36.5 Å². The van der Waals surface area contributed by atoms with Gasteiger partial charge < -0.3 is 14.1 Å². The summed E-state index contributed by atoms with van der Waals surface area (Å²) in [6.07, 6.45) is 2.13. The van der Waals surface area contributed by atoms with Crippen LogP contribution in [0, 0.1) is 11.3 Å². The minimum atomic E-state index is -0.199. The van der Waals surface area contributed by atoms with Crippen LogP contribution in [0.5, 0.6) is 5.75 Å². The van der Waals surface area contributed by atoms with Crippen molar-refractivity contribution in [3.8, 4) is 23.1 Å². The Hall–Kier alpha value is -3.59. The number of benzene rings is 1. The van der Waals surface area contributed by atoms with Gasteiger partial charge in [-0.15, -0.1) is 0 Å². The maximum absolute atomic E-state index is 11.7. The second kappa shape index (κ2) is 5.80. The summed E-state index contributed by atoms with van der Waals surface area (Å²) < 4.78 is 7.28. The quantitative estimate of drug-likeness (QED) is 0.626. The number of pyridine rings is 2. The molecular formula is C19H14N4O2. The molecule has 0 aliphatic rings. The molecule has 3 heterocycles. The Bertz CT molecular complexity index is 1200. The molecular weight excluding hydrogens is 316 g/mol. The van der Waals surface area contributed by atoms with Gasteiger partial charge in [0.1, 0.15) is 11.4 Å². The first-order valence-electron chi connectivity index (χ1n) is 7.76. The first-order chi connectivity index (χ1) is 12.2. The summed E-state index contributed by atoms with van der Waals surface area (Å²) >= 11 is 0. The maximum atomic E-state index is 11.7. The normalized spacial score (nSPS) is 10.9. The molecule has 1 N–H and O–H groups in total. The van der Waals surface area contributed by atoms with Crippen LogP contribution >= 0.6 is 0 Å². The third kappa shape index (κ3) is 2.34. The predicted molar refractivity (Wildman–Crippen MR) is 94.6 cm³/mol. The van der Waals surface area contributed by atoms with Crippen molar-refractivity contribution >= 4 is 16.6 Å². The number of ether oxygens (including phenoxy) is 1. The molecule has 3 aromatic heterocycles. The predicted octanol–water partition coefficient (Wildman–Crippen LogP) is 2.92. The van der Waals surface area contributed by atoms with Gasteiger partial charge in [-0.3, -0.25) is 4.79 Å². The number of hydrogen-bond acceptors (Lipinski definition) is 4. The van der Waals surface area contributed by atoms with Crippen molar-refractivity contribution < 1.29 is 4.74 Å². The molecule has 0 bridgehead atoms. The van der Waals surface area contributed by atoms with Crippen LogP contribution in [0.1, 0.15) is 5.69 Å². The molecule has 25 heavy (non-hydrogen) atoms. The van der Waals surface area contributed by atoms with Crippen LogP contribution in [-0.4, -0.2) is 21.5 Å². The Labute approximate surface area is 142 Å². The van der Waals surface area contributed by atoms with Gasteiger partial charge in [-0.1, -0.05) is 6.07 Å². The molecule has 0 amide bonds. The lowest BCUT2D eigenvalue weighted by atomic mass is 10.0. The van der Waals surface area contributed by atoms with Gasteiger partial charge in [0.25, 0.3) is 0 Å². The van der Waals surface area contributed by atoms with Crippen LogP contribution in [0.15, 0.2) is 53.5 Å². The molecule has 0 atom stereocenters. The summed E-state index contributed by atoms with van der Waals surface area (Å²) in [5.41, 5.74) is 3.59. The van der Waals surface area contributed by atoms with E-state index in [2.05, 4.69) is 11.1 Å². The highest BCUT2D eigenvalue weighted by atomic mass is 16.5. The van der Waals surface area contributed by atoms with Crippen molar-refractivity contribution in [3.05, 3.63) is 64.7 Å². The molecule has 0 radical (unpaired) electrons. The number of imidazole rings is 1. The van der Waals surface area contributed by atoms with Crippen LogP contribution in [-0.2, 0) is 6.42 Å². The number of fused-ring (bicyclic) bond motifs is 2. The molecule has 0 unspecified atom stereocenters. The van der Waals surface area contributed by atoms with Gasteiger partial charge in [-0.25, -0.2) is 4.98 Å². The minimum Gasteiger partial charge on any atom is -0.495 e. The largest absolute Gasteiger partial charge is 0.495 e. The number of methoxy groups -OCH3 is 1. The van der Waals surface area contributed by atoms with E-state index in [0.29, 0.717) is 11.3 Å². The Morgan fingerprint density at radius 1 is 1.24 bits per heavy atom. The summed E-state index contributed by atoms with van der Waals surface area (Å²) in [5.74, 6) is 0.585. The highest BCUT2D eigenvalue weighted by Crippen LogP contribution is 2.34. The van der Waals surface area contributed by atoms with Gasteiger partial charge >= 0.3 is 0 Å². The van der Waals surface area contributed by atoms with E-state index < -0.39 is 0 Å². The Morgan fingerprint density at radius 2 is 2.12 bits per heavy atom. The summed E-state index contributed by atoms with van der Waals surface area (Å²) in [6, 6.07) is 14.9. The molecule has 122 valence electrons. The smallest absolute Gasteiger partial charge is 0.248 e. The van der Waals surface area contributed by atoms with Crippen molar-refractivity contribution in [2.75, 3.05) is 7.11 Å². The van der Waals surface area contributed by atoms with Crippen LogP contribution in [0.2, 0.25) is 0 Å². The zero-order valence-corrected chi connectivity index (χ0v) is 13.5. The average molecular weight is 330 g/mol. The molecule has 1 aromatic carbocycles. The minimum absolute atomic E-state index is 0.199. The van der Waals surface area contributed by atoms with Crippen molar-refractivity contribution in [1.29, 1.82) is 5.26 Å². The van der Waals surface area contributed by atoms with E-state index in [1.54, 1.807) is 19.2 Å². The van der Waals surface area contributed by atoms with Gasteiger partial charge in [0.2, 0.25) is 5.56 Å². The number of rotatable bonds is 3. The number of H-pyrrole nitrogens is 1. The highest BCUT2D eigenvalue weighted by Gasteiger charge is 2.17. The van der Waals surface area contributed by atoms with E-state index in [1.807, 2.05) is 34.9 Å². The van der Waals surface area contributed by atoms with Crippen LogP contribution in [0.4, 0.5) is 0 Å². The molecule has 4 aromatic rings. The van der Waals surface area contributed by atoms with Crippen LogP contribution < -0.4 is 10.3 Å². The van der Waals surface area contributed by atoms with Crippen LogP contribution in [0.25, 0.3) is 27.8 Å². The van der Waals surface area contributed by atoms with E-state index in [4.69, 9.17) is 9.72 Å². The summed E-state index contributed by atoms with van der Waals surface area (Å²) in [4.78, 5) is 19.3. The van der Waals surface area contributed by atoms with E-state index in [0.717, 1.165) is 28.0 Å². The first kappa shape index (κ1) is 15.0. The standard InChI is InChI=1S/C19H14N4O2/c1-25-15-7-5-12(13-6-8-17(24)22-19(13)15)18-14(9-10-20)23-11-3-2-4-16(23)21-18/h2-8,11H,9H2,1H3,(H,22,24). The lowest BCUT2D eigenvalue weighted by Crippen LogP contribution is -2.04. The average Bonchev–Trinajstić information content (AvgIpc) is 2.99. The molecule has 0 aliphatic heterocycles. The summed E-state index contributed by atoms with van der Waals surface area (Å²) in [5, 5.41) is 10.1. The summed E-state index contributed by atoms with van der Waals surface area (Å²) in [6.45, 7) is 0. The van der Waals surface area contributed by atoms with Crippen LogP contribution in [0.3, 0.4) is 0 Å². The van der Waals surface area contributed by atoms with Crippen molar-refractivity contribution in [2.24, 2.45) is 0 Å². The van der Waals surface area contributed by atoms with E-state index >= 15 is 0 Å². The zero-order chi connectivity index (χ0) is 17.4. The molecule has 0 saturated heterocycles. The van der Waals surface area contributed by atoms with Crippen molar-refractivity contribution in [3.63, 3.8) is 0 Å². The monoisotopic (exact) mass is 330 g/mol. The molecule has 0 spiro atoms. The fraction of sp³-hybridized carbons (Fsp3) is 0.105.